The highest BCUT2D eigenvalue weighted by Crippen LogP contribution is 2.19. The molecule has 94 valence electrons. The minimum atomic E-state index is -0.401. The molecule has 1 aliphatic heterocycles. The van der Waals surface area contributed by atoms with Crippen LogP contribution in [0.15, 0.2) is 17.1 Å². The van der Waals surface area contributed by atoms with E-state index in [0.29, 0.717) is 13.1 Å². The lowest BCUT2D eigenvalue weighted by atomic mass is 10.1. The molecule has 1 aliphatic rings. The fraction of sp³-hybridized carbons (Fsp3) is 0.500. The van der Waals surface area contributed by atoms with E-state index < -0.39 is 6.04 Å². The Morgan fingerprint density at radius 3 is 3.22 bits per heavy atom. The predicted octanol–water partition coefficient (Wildman–Crippen LogP) is -0.193. The van der Waals surface area contributed by atoms with Gasteiger partial charge < -0.3 is 9.42 Å². The third-order valence-corrected chi connectivity index (χ3v) is 3.14. The van der Waals surface area contributed by atoms with Crippen LogP contribution in [0.1, 0.15) is 24.2 Å². The standard InChI is InChI=1S/C10H12N6O2/c1-7(16-6-11-13-14-16)10(17)15-3-2-9-8(4-15)5-18-12-9/h5-7H,2-4H2,1H3/t7-/m0/s1. The van der Waals surface area contributed by atoms with Crippen LogP contribution in [0, 0.1) is 0 Å². The molecule has 0 saturated heterocycles. The first-order chi connectivity index (χ1) is 8.75. The second kappa shape index (κ2) is 4.21. The lowest BCUT2D eigenvalue weighted by Crippen LogP contribution is -2.39. The Bertz CT molecular complexity index is 548. The zero-order chi connectivity index (χ0) is 12.5. The van der Waals surface area contributed by atoms with Crippen molar-refractivity contribution in [1.82, 2.24) is 30.3 Å². The average molecular weight is 248 g/mol. The van der Waals surface area contributed by atoms with Gasteiger partial charge in [0.25, 0.3) is 0 Å². The third-order valence-electron chi connectivity index (χ3n) is 3.14. The number of hydrogen-bond acceptors (Lipinski definition) is 6. The van der Waals surface area contributed by atoms with Crippen LogP contribution in [-0.2, 0) is 17.8 Å². The van der Waals surface area contributed by atoms with Crippen LogP contribution in [-0.4, -0.2) is 42.7 Å². The third kappa shape index (κ3) is 1.75. The molecule has 0 unspecified atom stereocenters. The molecule has 0 N–H and O–H groups in total. The lowest BCUT2D eigenvalue weighted by molar-refractivity contribution is -0.135. The van der Waals surface area contributed by atoms with E-state index in [4.69, 9.17) is 4.52 Å². The molecular formula is C10H12N6O2. The normalized spacial score (nSPS) is 16.4. The van der Waals surface area contributed by atoms with Gasteiger partial charge in [0.1, 0.15) is 18.6 Å². The highest BCUT2D eigenvalue weighted by molar-refractivity contribution is 5.80. The largest absolute Gasteiger partial charge is 0.364 e. The van der Waals surface area contributed by atoms with Crippen LogP contribution in [0.3, 0.4) is 0 Å². The minimum absolute atomic E-state index is 0.00542. The molecule has 0 aliphatic carbocycles. The van der Waals surface area contributed by atoms with Crippen LogP contribution >= 0.6 is 0 Å². The quantitative estimate of drug-likeness (QED) is 0.731. The number of carbonyl (C=O) groups is 1. The maximum absolute atomic E-state index is 12.3. The number of carbonyl (C=O) groups excluding carboxylic acids is 1. The number of hydrogen-bond donors (Lipinski definition) is 0. The number of aromatic nitrogens is 5. The van der Waals surface area contributed by atoms with Crippen molar-refractivity contribution < 1.29 is 9.32 Å². The monoisotopic (exact) mass is 248 g/mol. The van der Waals surface area contributed by atoms with Gasteiger partial charge in [0.2, 0.25) is 5.91 Å². The van der Waals surface area contributed by atoms with Gasteiger partial charge >= 0.3 is 0 Å². The van der Waals surface area contributed by atoms with Gasteiger partial charge in [-0.3, -0.25) is 4.79 Å². The molecule has 0 aromatic carbocycles. The molecule has 2 aromatic heterocycles. The Morgan fingerprint density at radius 2 is 2.44 bits per heavy atom. The molecule has 1 amide bonds. The Kier molecular flexibility index (Phi) is 2.54. The van der Waals surface area contributed by atoms with Crippen LogP contribution < -0.4 is 0 Å². The molecule has 0 spiro atoms. The van der Waals surface area contributed by atoms with Crippen molar-refractivity contribution in [2.24, 2.45) is 0 Å². The number of amides is 1. The summed E-state index contributed by atoms with van der Waals surface area (Å²) in [6.45, 7) is 2.96. The molecule has 1 atom stereocenters. The van der Waals surface area contributed by atoms with Gasteiger partial charge in [0.15, 0.2) is 0 Å². The van der Waals surface area contributed by atoms with E-state index in [9.17, 15) is 4.79 Å². The highest BCUT2D eigenvalue weighted by Gasteiger charge is 2.27. The summed E-state index contributed by atoms with van der Waals surface area (Å²) in [4.78, 5) is 14.1. The van der Waals surface area contributed by atoms with E-state index in [1.54, 1.807) is 18.1 Å². The Morgan fingerprint density at radius 1 is 1.56 bits per heavy atom. The zero-order valence-corrected chi connectivity index (χ0v) is 9.85. The maximum Gasteiger partial charge on any atom is 0.247 e. The molecule has 8 heteroatoms. The fourth-order valence-corrected chi connectivity index (χ4v) is 2.05. The molecule has 8 nitrogen and oxygen atoms in total. The van der Waals surface area contributed by atoms with Gasteiger partial charge in [0, 0.05) is 18.5 Å². The molecule has 0 radical (unpaired) electrons. The van der Waals surface area contributed by atoms with E-state index in [2.05, 4.69) is 20.7 Å². The molecule has 0 saturated carbocycles. The van der Waals surface area contributed by atoms with E-state index in [-0.39, 0.29) is 5.91 Å². The topological polar surface area (TPSA) is 89.9 Å². The van der Waals surface area contributed by atoms with E-state index in [0.717, 1.165) is 17.7 Å². The molecule has 3 rings (SSSR count). The number of rotatable bonds is 2. The van der Waals surface area contributed by atoms with Crippen LogP contribution in [0.2, 0.25) is 0 Å². The first-order valence-corrected chi connectivity index (χ1v) is 5.69. The fourth-order valence-electron chi connectivity index (χ4n) is 2.05. The Balaban J connectivity index is 1.75. The zero-order valence-electron chi connectivity index (χ0n) is 9.85. The van der Waals surface area contributed by atoms with Gasteiger partial charge in [-0.25, -0.2) is 4.68 Å². The second-order valence-corrected chi connectivity index (χ2v) is 4.26. The summed E-state index contributed by atoms with van der Waals surface area (Å²) in [5, 5.41) is 14.7. The first kappa shape index (κ1) is 10.9. The molecule has 0 fully saturated rings. The van der Waals surface area contributed by atoms with E-state index in [1.807, 2.05) is 0 Å². The SMILES string of the molecule is C[C@@H](C(=O)N1CCc2nocc2C1)n1cnnn1. The van der Waals surface area contributed by atoms with Crippen LogP contribution in [0.25, 0.3) is 0 Å². The Labute approximate surface area is 103 Å². The predicted molar refractivity (Wildman–Crippen MR) is 58.2 cm³/mol. The van der Waals surface area contributed by atoms with Gasteiger partial charge in [-0.05, 0) is 17.4 Å². The van der Waals surface area contributed by atoms with E-state index >= 15 is 0 Å². The van der Waals surface area contributed by atoms with Gasteiger partial charge in [-0.2, -0.15) is 0 Å². The van der Waals surface area contributed by atoms with Crippen molar-refractivity contribution >= 4 is 5.91 Å². The van der Waals surface area contributed by atoms with Crippen molar-refractivity contribution in [2.45, 2.75) is 25.9 Å². The molecule has 2 aromatic rings. The molecular weight excluding hydrogens is 236 g/mol. The summed E-state index contributed by atoms with van der Waals surface area (Å²) < 4.78 is 6.35. The van der Waals surface area contributed by atoms with Crippen molar-refractivity contribution in [3.63, 3.8) is 0 Å². The summed E-state index contributed by atoms with van der Waals surface area (Å²) in [6.07, 6.45) is 3.76. The van der Waals surface area contributed by atoms with Crippen molar-refractivity contribution in [1.29, 1.82) is 0 Å². The first-order valence-electron chi connectivity index (χ1n) is 5.69. The smallest absolute Gasteiger partial charge is 0.247 e. The highest BCUT2D eigenvalue weighted by atomic mass is 16.5. The lowest BCUT2D eigenvalue weighted by Gasteiger charge is -2.28. The summed E-state index contributed by atoms with van der Waals surface area (Å²) >= 11 is 0. The van der Waals surface area contributed by atoms with E-state index in [1.165, 1.54) is 11.0 Å². The number of nitrogens with zero attached hydrogens (tertiary/aromatic N) is 6. The summed E-state index contributed by atoms with van der Waals surface area (Å²) in [6, 6.07) is -0.401. The van der Waals surface area contributed by atoms with Gasteiger partial charge in [-0.1, -0.05) is 5.16 Å². The summed E-state index contributed by atoms with van der Waals surface area (Å²) in [7, 11) is 0. The average Bonchev–Trinajstić information content (AvgIpc) is 3.06. The molecule has 3 heterocycles. The molecule has 18 heavy (non-hydrogen) atoms. The van der Waals surface area contributed by atoms with Gasteiger partial charge in [0.05, 0.1) is 12.2 Å². The summed E-state index contributed by atoms with van der Waals surface area (Å²) in [5.41, 5.74) is 1.91. The van der Waals surface area contributed by atoms with Crippen LogP contribution in [0.5, 0.6) is 0 Å². The second-order valence-electron chi connectivity index (χ2n) is 4.26. The van der Waals surface area contributed by atoms with Crippen LogP contribution in [0.4, 0.5) is 0 Å². The van der Waals surface area contributed by atoms with Gasteiger partial charge in [-0.15, -0.1) is 5.10 Å². The number of tetrazole rings is 1. The maximum atomic E-state index is 12.3. The van der Waals surface area contributed by atoms with Crippen molar-refractivity contribution in [3.8, 4) is 0 Å². The molecule has 0 bridgehead atoms. The van der Waals surface area contributed by atoms with Crippen molar-refractivity contribution in [2.75, 3.05) is 6.54 Å². The van der Waals surface area contributed by atoms with Crippen molar-refractivity contribution in [3.05, 3.63) is 23.8 Å². The number of fused-ring (bicyclic) bond motifs is 1. The Hall–Kier alpha value is -2.25. The summed E-state index contributed by atoms with van der Waals surface area (Å²) in [5.74, 6) is -0.00542. The minimum Gasteiger partial charge on any atom is -0.364 e.